The molecule has 0 aliphatic carbocycles. The second kappa shape index (κ2) is 6.63. The Hall–Kier alpha value is -1.72. The molecule has 0 atom stereocenters. The van der Waals surface area contributed by atoms with Crippen LogP contribution in [0.3, 0.4) is 0 Å². The summed E-state index contributed by atoms with van der Waals surface area (Å²) in [4.78, 5) is 11.9. The number of carbonyl (C=O) groups excluding carboxylic acids is 1. The van der Waals surface area contributed by atoms with Crippen LogP contribution in [-0.2, 0) is 0 Å². The first-order valence-electron chi connectivity index (χ1n) is 6.00. The smallest absolute Gasteiger partial charge is 0.257 e. The van der Waals surface area contributed by atoms with Gasteiger partial charge in [0.25, 0.3) is 5.91 Å². The Morgan fingerprint density at radius 3 is 2.50 bits per heavy atom. The van der Waals surface area contributed by atoms with Crippen molar-refractivity contribution in [2.45, 2.75) is 6.92 Å². The molecule has 0 bridgehead atoms. The number of benzene rings is 2. The molecule has 0 aromatic heterocycles. The van der Waals surface area contributed by atoms with Crippen LogP contribution in [0.2, 0.25) is 0 Å². The maximum absolute atomic E-state index is 11.9. The third-order valence-corrected chi connectivity index (χ3v) is 3.50. The highest BCUT2D eigenvalue weighted by atomic mass is 79.9. The summed E-state index contributed by atoms with van der Waals surface area (Å²) < 4.78 is 0.897. The Morgan fingerprint density at radius 2 is 1.85 bits per heavy atom. The van der Waals surface area contributed by atoms with E-state index < -0.39 is 0 Å². The Kier molecular flexibility index (Phi) is 4.87. The van der Waals surface area contributed by atoms with Crippen molar-refractivity contribution in [2.75, 3.05) is 5.32 Å². The largest absolute Gasteiger partial charge is 0.331 e. The Labute approximate surface area is 131 Å². The first kappa shape index (κ1) is 14.7. The average Bonchev–Trinajstić information content (AvgIpc) is 2.43. The summed E-state index contributed by atoms with van der Waals surface area (Å²) >= 11 is 8.59. The van der Waals surface area contributed by atoms with E-state index in [9.17, 15) is 4.79 Å². The Bertz CT molecular complexity index is 644. The van der Waals surface area contributed by atoms with Crippen molar-refractivity contribution in [1.82, 2.24) is 5.32 Å². The minimum atomic E-state index is -0.230. The molecule has 1 amide bonds. The molecule has 0 saturated heterocycles. The van der Waals surface area contributed by atoms with Crippen LogP contribution in [0.15, 0.2) is 53.0 Å². The van der Waals surface area contributed by atoms with Crippen molar-refractivity contribution in [3.63, 3.8) is 0 Å². The van der Waals surface area contributed by atoms with Gasteiger partial charge in [0.05, 0.1) is 5.69 Å². The van der Waals surface area contributed by atoms with E-state index in [1.807, 2.05) is 43.3 Å². The van der Waals surface area contributed by atoms with Crippen LogP contribution in [-0.4, -0.2) is 11.0 Å². The van der Waals surface area contributed by atoms with Gasteiger partial charge >= 0.3 is 0 Å². The lowest BCUT2D eigenvalue weighted by molar-refractivity contribution is 0.0978. The minimum Gasteiger partial charge on any atom is -0.331 e. The van der Waals surface area contributed by atoms with Crippen LogP contribution in [0.25, 0.3) is 0 Å². The normalized spacial score (nSPS) is 9.90. The van der Waals surface area contributed by atoms with Gasteiger partial charge in [0.15, 0.2) is 5.11 Å². The monoisotopic (exact) mass is 348 g/mol. The van der Waals surface area contributed by atoms with Crippen LogP contribution in [0.1, 0.15) is 15.9 Å². The standard InChI is InChI=1S/C15H13BrN2OS/c1-10-7-8-13(12(16)9-10)17-15(20)18-14(19)11-5-3-2-4-6-11/h2-9H,1H3,(H2,17,18,19,20). The summed E-state index contributed by atoms with van der Waals surface area (Å²) in [6.45, 7) is 2.00. The van der Waals surface area contributed by atoms with E-state index in [-0.39, 0.29) is 11.0 Å². The van der Waals surface area contributed by atoms with Crippen molar-refractivity contribution in [3.8, 4) is 0 Å². The number of thiocarbonyl (C=S) groups is 1. The number of aryl methyl sites for hydroxylation is 1. The lowest BCUT2D eigenvalue weighted by Crippen LogP contribution is -2.34. The molecule has 0 heterocycles. The molecule has 2 aromatic rings. The van der Waals surface area contributed by atoms with E-state index in [1.54, 1.807) is 12.1 Å². The predicted octanol–water partition coefficient (Wildman–Crippen LogP) is 3.88. The highest BCUT2D eigenvalue weighted by Crippen LogP contribution is 2.23. The fourth-order valence-electron chi connectivity index (χ4n) is 1.64. The highest BCUT2D eigenvalue weighted by Gasteiger charge is 2.08. The number of carbonyl (C=O) groups is 1. The first-order chi connectivity index (χ1) is 9.56. The van der Waals surface area contributed by atoms with Crippen molar-refractivity contribution >= 4 is 44.9 Å². The van der Waals surface area contributed by atoms with Crippen molar-refractivity contribution < 1.29 is 4.79 Å². The molecular formula is C15H13BrN2OS. The maximum Gasteiger partial charge on any atom is 0.257 e. The van der Waals surface area contributed by atoms with E-state index in [0.29, 0.717) is 5.56 Å². The van der Waals surface area contributed by atoms with Crippen molar-refractivity contribution in [3.05, 3.63) is 64.1 Å². The molecule has 0 radical (unpaired) electrons. The summed E-state index contributed by atoms with van der Waals surface area (Å²) in [6, 6.07) is 14.8. The highest BCUT2D eigenvalue weighted by molar-refractivity contribution is 9.10. The molecule has 0 fully saturated rings. The molecule has 0 unspecified atom stereocenters. The summed E-state index contributed by atoms with van der Waals surface area (Å²) in [6.07, 6.45) is 0. The van der Waals surface area contributed by atoms with Crippen LogP contribution in [0.5, 0.6) is 0 Å². The molecular weight excluding hydrogens is 336 g/mol. The number of rotatable bonds is 2. The first-order valence-corrected chi connectivity index (χ1v) is 7.20. The zero-order chi connectivity index (χ0) is 14.5. The topological polar surface area (TPSA) is 41.1 Å². The van der Waals surface area contributed by atoms with Gasteiger partial charge in [-0.15, -0.1) is 0 Å². The SMILES string of the molecule is Cc1ccc(NC(=S)NC(=O)c2ccccc2)c(Br)c1. The van der Waals surface area contributed by atoms with Gasteiger partial charge in [-0.25, -0.2) is 0 Å². The molecule has 0 spiro atoms. The zero-order valence-electron chi connectivity index (χ0n) is 10.8. The minimum absolute atomic E-state index is 0.230. The van der Waals surface area contributed by atoms with E-state index in [0.717, 1.165) is 15.7 Å². The molecule has 2 N–H and O–H groups in total. The number of halogens is 1. The van der Waals surface area contributed by atoms with Gasteiger partial charge in [0.1, 0.15) is 0 Å². The van der Waals surface area contributed by atoms with Gasteiger partial charge in [0.2, 0.25) is 0 Å². The molecule has 0 saturated carbocycles. The molecule has 0 aliphatic rings. The van der Waals surface area contributed by atoms with Gasteiger partial charge in [-0.05, 0) is 64.9 Å². The molecule has 102 valence electrons. The lowest BCUT2D eigenvalue weighted by Gasteiger charge is -2.11. The van der Waals surface area contributed by atoms with Gasteiger partial charge in [-0.1, -0.05) is 24.3 Å². The van der Waals surface area contributed by atoms with E-state index >= 15 is 0 Å². The predicted molar refractivity (Wildman–Crippen MR) is 89.0 cm³/mol. The number of amides is 1. The third-order valence-electron chi connectivity index (χ3n) is 2.64. The van der Waals surface area contributed by atoms with Gasteiger partial charge in [-0.3, -0.25) is 10.1 Å². The van der Waals surface area contributed by atoms with Gasteiger partial charge in [0, 0.05) is 10.0 Å². The Balaban J connectivity index is 2.01. The van der Waals surface area contributed by atoms with Gasteiger partial charge < -0.3 is 5.32 Å². The summed E-state index contributed by atoms with van der Waals surface area (Å²) in [5, 5.41) is 5.90. The summed E-state index contributed by atoms with van der Waals surface area (Å²) in [5.41, 5.74) is 2.52. The lowest BCUT2D eigenvalue weighted by atomic mass is 10.2. The molecule has 2 aromatic carbocycles. The van der Waals surface area contributed by atoms with Crippen molar-refractivity contribution in [2.24, 2.45) is 0 Å². The number of hydrogen-bond donors (Lipinski definition) is 2. The average molecular weight is 349 g/mol. The van der Waals surface area contributed by atoms with Crippen molar-refractivity contribution in [1.29, 1.82) is 0 Å². The molecule has 20 heavy (non-hydrogen) atoms. The van der Waals surface area contributed by atoms with E-state index in [1.165, 1.54) is 0 Å². The fourth-order valence-corrected chi connectivity index (χ4v) is 2.43. The van der Waals surface area contributed by atoms with E-state index in [4.69, 9.17) is 12.2 Å². The summed E-state index contributed by atoms with van der Waals surface area (Å²) in [5.74, 6) is -0.230. The van der Waals surface area contributed by atoms with Crippen LogP contribution >= 0.6 is 28.1 Å². The molecule has 2 rings (SSSR count). The van der Waals surface area contributed by atoms with Gasteiger partial charge in [-0.2, -0.15) is 0 Å². The molecule has 5 heteroatoms. The second-order valence-electron chi connectivity index (χ2n) is 4.26. The molecule has 3 nitrogen and oxygen atoms in total. The van der Waals surface area contributed by atoms with Crippen LogP contribution in [0.4, 0.5) is 5.69 Å². The quantitative estimate of drug-likeness (QED) is 0.809. The second-order valence-corrected chi connectivity index (χ2v) is 5.52. The number of nitrogens with one attached hydrogen (secondary N) is 2. The third kappa shape index (κ3) is 3.88. The Morgan fingerprint density at radius 1 is 1.15 bits per heavy atom. The number of hydrogen-bond acceptors (Lipinski definition) is 2. The zero-order valence-corrected chi connectivity index (χ0v) is 13.2. The maximum atomic E-state index is 11.9. The summed E-state index contributed by atoms with van der Waals surface area (Å²) in [7, 11) is 0. The van der Waals surface area contributed by atoms with E-state index in [2.05, 4.69) is 26.6 Å². The van der Waals surface area contributed by atoms with Crippen LogP contribution < -0.4 is 10.6 Å². The molecule has 0 aliphatic heterocycles. The number of anilines is 1. The van der Waals surface area contributed by atoms with Crippen LogP contribution in [0, 0.1) is 6.92 Å². The fraction of sp³-hybridized carbons (Fsp3) is 0.0667.